The van der Waals surface area contributed by atoms with Crippen LogP contribution in [0, 0.1) is 15.5 Å². The van der Waals surface area contributed by atoms with E-state index in [1.165, 1.54) is 0 Å². The summed E-state index contributed by atoms with van der Waals surface area (Å²) in [7, 11) is 0. The van der Waals surface area contributed by atoms with Crippen molar-refractivity contribution in [2.24, 2.45) is 11.1 Å². The SMILES string of the molecule is CC(C)(CO[N+](=O)[O-])C(=O)N1CCN(CCCOC(=O)CC[C@H](N)C(=O)O)CC1.Cl.Cl. The number of hydrogen-bond donors (Lipinski definition) is 2. The van der Waals surface area contributed by atoms with Crippen LogP contribution in [0.1, 0.15) is 33.1 Å². The first kappa shape index (κ1) is 31.3. The van der Waals surface area contributed by atoms with Gasteiger partial charge in [0.15, 0.2) is 0 Å². The first-order chi connectivity index (χ1) is 13.5. The Balaban J connectivity index is 0. The highest BCUT2D eigenvalue weighted by molar-refractivity contribution is 5.85. The zero-order chi connectivity index (χ0) is 22.0. The minimum absolute atomic E-state index is 0. The molecule has 1 rings (SSSR count). The number of carbonyl (C=O) groups is 3. The number of amides is 1. The normalized spacial score (nSPS) is 15.1. The molecule has 0 spiro atoms. The number of ether oxygens (including phenoxy) is 1. The van der Waals surface area contributed by atoms with E-state index in [-0.39, 0.29) is 56.8 Å². The van der Waals surface area contributed by atoms with Crippen LogP contribution in [-0.2, 0) is 24.0 Å². The number of rotatable bonds is 12. The standard InChI is InChI=1S/C17H30N4O8.2ClH/c1-17(2,12-29-21(26)27)16(25)20-9-7-19(8-10-20)6-3-11-28-14(22)5-4-13(18)15(23)24;;/h13H,3-12,18H2,1-2H3,(H,23,24);2*1H/t13-;;/m0../s1. The van der Waals surface area contributed by atoms with E-state index in [1.807, 2.05) is 0 Å². The van der Waals surface area contributed by atoms with Crippen LogP contribution in [-0.4, -0.2) is 89.8 Å². The highest BCUT2D eigenvalue weighted by Gasteiger charge is 2.34. The maximum Gasteiger partial charge on any atom is 0.320 e. The molecular weight excluding hydrogens is 459 g/mol. The van der Waals surface area contributed by atoms with E-state index in [1.54, 1.807) is 18.7 Å². The minimum atomic E-state index is -1.15. The summed E-state index contributed by atoms with van der Waals surface area (Å²) >= 11 is 0. The Morgan fingerprint density at radius 1 is 1.19 bits per heavy atom. The summed E-state index contributed by atoms with van der Waals surface area (Å²) in [6, 6.07) is -1.07. The molecule has 0 radical (unpaired) electrons. The molecule has 1 aliphatic heterocycles. The number of halogens is 2. The van der Waals surface area contributed by atoms with Crippen molar-refractivity contribution in [1.82, 2.24) is 9.80 Å². The largest absolute Gasteiger partial charge is 0.480 e. The highest BCUT2D eigenvalue weighted by atomic mass is 35.5. The average molecular weight is 491 g/mol. The fourth-order valence-corrected chi connectivity index (χ4v) is 2.82. The van der Waals surface area contributed by atoms with E-state index < -0.39 is 28.5 Å². The van der Waals surface area contributed by atoms with E-state index in [0.29, 0.717) is 39.1 Å². The highest BCUT2D eigenvalue weighted by Crippen LogP contribution is 2.20. The molecule has 0 unspecified atom stereocenters. The summed E-state index contributed by atoms with van der Waals surface area (Å²) < 4.78 is 5.07. The van der Waals surface area contributed by atoms with Gasteiger partial charge in [-0.15, -0.1) is 34.9 Å². The molecule has 31 heavy (non-hydrogen) atoms. The number of esters is 1. The van der Waals surface area contributed by atoms with Crippen LogP contribution in [0.5, 0.6) is 0 Å². The maximum atomic E-state index is 12.5. The first-order valence-electron chi connectivity index (χ1n) is 9.46. The fraction of sp³-hybridized carbons (Fsp3) is 0.824. The van der Waals surface area contributed by atoms with E-state index >= 15 is 0 Å². The lowest BCUT2D eigenvalue weighted by atomic mass is 9.92. The lowest BCUT2D eigenvalue weighted by Crippen LogP contribution is -2.53. The third-order valence-electron chi connectivity index (χ3n) is 4.63. The van der Waals surface area contributed by atoms with E-state index in [2.05, 4.69) is 9.74 Å². The van der Waals surface area contributed by atoms with Gasteiger partial charge in [0, 0.05) is 39.1 Å². The third-order valence-corrected chi connectivity index (χ3v) is 4.63. The van der Waals surface area contributed by atoms with Crippen LogP contribution in [0.4, 0.5) is 0 Å². The van der Waals surface area contributed by atoms with Crippen molar-refractivity contribution >= 4 is 42.7 Å². The molecule has 1 fully saturated rings. The molecule has 14 heteroatoms. The maximum absolute atomic E-state index is 12.5. The van der Waals surface area contributed by atoms with Crippen LogP contribution in [0.2, 0.25) is 0 Å². The molecule has 0 bridgehead atoms. The third kappa shape index (κ3) is 11.9. The number of carbonyl (C=O) groups excluding carboxylic acids is 2. The Bertz CT molecular complexity index is 601. The lowest BCUT2D eigenvalue weighted by molar-refractivity contribution is -0.760. The molecule has 182 valence electrons. The van der Waals surface area contributed by atoms with Crippen molar-refractivity contribution < 1.29 is 34.2 Å². The van der Waals surface area contributed by atoms with E-state index in [4.69, 9.17) is 15.6 Å². The smallest absolute Gasteiger partial charge is 0.320 e. The summed E-state index contributed by atoms with van der Waals surface area (Å²) in [6.45, 7) is 6.18. The average Bonchev–Trinajstić information content (AvgIpc) is 2.67. The first-order valence-corrected chi connectivity index (χ1v) is 9.46. The van der Waals surface area contributed by atoms with Crippen molar-refractivity contribution in [2.45, 2.75) is 39.2 Å². The summed E-state index contributed by atoms with van der Waals surface area (Å²) in [4.78, 5) is 53.2. The van der Waals surface area contributed by atoms with E-state index in [9.17, 15) is 24.5 Å². The van der Waals surface area contributed by atoms with Crippen molar-refractivity contribution in [2.75, 3.05) is 45.9 Å². The van der Waals surface area contributed by atoms with Crippen molar-refractivity contribution in [1.29, 1.82) is 0 Å². The zero-order valence-corrected chi connectivity index (χ0v) is 19.3. The quantitative estimate of drug-likeness (QED) is 0.168. The van der Waals surface area contributed by atoms with Gasteiger partial charge in [0.25, 0.3) is 5.09 Å². The van der Waals surface area contributed by atoms with Gasteiger partial charge in [-0.3, -0.25) is 19.3 Å². The van der Waals surface area contributed by atoms with Crippen LogP contribution >= 0.6 is 24.8 Å². The molecule has 0 aromatic rings. The van der Waals surface area contributed by atoms with Crippen LogP contribution in [0.25, 0.3) is 0 Å². The second kappa shape index (κ2) is 15.0. The molecule has 3 N–H and O–H groups in total. The summed E-state index contributed by atoms with van der Waals surface area (Å²) in [5.74, 6) is -1.81. The molecular formula is C17H32Cl2N4O8. The molecule has 0 aromatic carbocycles. The van der Waals surface area contributed by atoms with Gasteiger partial charge in [-0.2, -0.15) is 0 Å². The Morgan fingerprint density at radius 3 is 2.29 bits per heavy atom. The molecule has 0 aromatic heterocycles. The van der Waals surface area contributed by atoms with Crippen LogP contribution in [0.3, 0.4) is 0 Å². The number of nitrogens with zero attached hydrogens (tertiary/aromatic N) is 3. The van der Waals surface area contributed by atoms with Crippen LogP contribution in [0.15, 0.2) is 0 Å². The summed E-state index contributed by atoms with van der Waals surface area (Å²) in [6.07, 6.45) is 0.615. The predicted molar refractivity (Wildman–Crippen MR) is 115 cm³/mol. The fourth-order valence-electron chi connectivity index (χ4n) is 2.82. The van der Waals surface area contributed by atoms with Crippen molar-refractivity contribution in [3.63, 3.8) is 0 Å². The van der Waals surface area contributed by atoms with E-state index in [0.717, 1.165) is 0 Å². The summed E-state index contributed by atoms with van der Waals surface area (Å²) in [5.41, 5.74) is 4.35. The monoisotopic (exact) mass is 490 g/mol. The lowest BCUT2D eigenvalue weighted by Gasteiger charge is -2.38. The van der Waals surface area contributed by atoms with Gasteiger partial charge in [0.05, 0.1) is 12.0 Å². The number of nitrogens with two attached hydrogens (primary N) is 1. The molecule has 1 heterocycles. The molecule has 1 atom stereocenters. The molecule has 1 amide bonds. The second-order valence-electron chi connectivity index (χ2n) is 7.57. The number of piperazine rings is 1. The van der Waals surface area contributed by atoms with Crippen molar-refractivity contribution in [3.8, 4) is 0 Å². The molecule has 0 saturated carbocycles. The Labute approximate surface area is 193 Å². The number of carboxylic acids is 1. The molecule has 1 saturated heterocycles. The van der Waals surface area contributed by atoms with Gasteiger partial charge in [-0.05, 0) is 26.7 Å². The van der Waals surface area contributed by atoms with Gasteiger partial charge in [-0.25, -0.2) is 0 Å². The number of carboxylic acid groups (broad SMARTS) is 1. The van der Waals surface area contributed by atoms with Gasteiger partial charge >= 0.3 is 11.9 Å². The topological polar surface area (TPSA) is 166 Å². The second-order valence-corrected chi connectivity index (χ2v) is 7.57. The molecule has 0 aliphatic carbocycles. The van der Waals surface area contributed by atoms with Gasteiger partial charge in [0.1, 0.15) is 12.6 Å². The molecule has 1 aliphatic rings. The van der Waals surface area contributed by atoms with Gasteiger partial charge in [-0.1, -0.05) is 0 Å². The van der Waals surface area contributed by atoms with Crippen molar-refractivity contribution in [3.05, 3.63) is 10.1 Å². The number of hydrogen-bond acceptors (Lipinski definition) is 9. The summed E-state index contributed by atoms with van der Waals surface area (Å²) in [5, 5.41) is 18.1. The van der Waals surface area contributed by atoms with Gasteiger partial charge < -0.3 is 25.3 Å². The molecule has 12 nitrogen and oxygen atoms in total. The zero-order valence-electron chi connectivity index (χ0n) is 17.7. The Morgan fingerprint density at radius 2 is 1.77 bits per heavy atom. The van der Waals surface area contributed by atoms with Crippen LogP contribution < -0.4 is 5.73 Å². The Kier molecular flexibility index (Phi) is 15.1. The van der Waals surface area contributed by atoms with Gasteiger partial charge in [0.2, 0.25) is 5.91 Å². The minimum Gasteiger partial charge on any atom is -0.480 e. The predicted octanol–water partition coefficient (Wildman–Crippen LogP) is 0.334. The Hall–Kier alpha value is -1.89. The number of aliphatic carboxylic acids is 1.